The summed E-state index contributed by atoms with van der Waals surface area (Å²) in [7, 11) is 1.80. The van der Waals surface area contributed by atoms with Gasteiger partial charge in [-0.2, -0.15) is 0 Å². The van der Waals surface area contributed by atoms with Gasteiger partial charge in [-0.25, -0.2) is 0 Å². The Morgan fingerprint density at radius 1 is 1.10 bits per heavy atom. The second-order valence-corrected chi connectivity index (χ2v) is 7.59. The molecule has 6 heteroatoms. The molecule has 1 heterocycles. The molecule has 2 N–H and O–H groups in total. The van der Waals surface area contributed by atoms with Crippen molar-refractivity contribution in [2.45, 2.75) is 52.0 Å². The quantitative estimate of drug-likeness (QED) is 0.313. The van der Waals surface area contributed by atoms with Crippen LogP contribution < -0.4 is 10.6 Å². The predicted octanol–water partition coefficient (Wildman–Crippen LogP) is 4.73. The van der Waals surface area contributed by atoms with Crippen molar-refractivity contribution in [3.8, 4) is 0 Å². The van der Waals surface area contributed by atoms with Crippen molar-refractivity contribution in [2.24, 2.45) is 4.99 Å². The number of nitrogens with one attached hydrogen (secondary N) is 2. The molecule has 3 rings (SSSR count). The Bertz CT molecular complexity index is 789. The van der Waals surface area contributed by atoms with Gasteiger partial charge in [0.1, 0.15) is 0 Å². The minimum atomic E-state index is 0. The number of ether oxygens (including phenoxy) is 2. The largest absolute Gasteiger partial charge is 0.381 e. The van der Waals surface area contributed by atoms with E-state index in [1.54, 1.807) is 7.05 Å². The molecule has 0 aromatic heterocycles. The first-order chi connectivity index (χ1) is 14.2. The lowest BCUT2D eigenvalue weighted by molar-refractivity contribution is -0.0390. The molecule has 2 aromatic carbocycles. The summed E-state index contributed by atoms with van der Waals surface area (Å²) in [5.41, 5.74) is 4.98. The van der Waals surface area contributed by atoms with Crippen LogP contribution in [0.2, 0.25) is 0 Å². The van der Waals surface area contributed by atoms with Gasteiger partial charge in [0.15, 0.2) is 5.96 Å². The fraction of sp³-hybridized carbons (Fsp3) is 0.458. The summed E-state index contributed by atoms with van der Waals surface area (Å²) >= 11 is 0. The third-order valence-electron chi connectivity index (χ3n) is 5.37. The molecule has 1 saturated heterocycles. The van der Waals surface area contributed by atoms with Crippen LogP contribution in [0.3, 0.4) is 0 Å². The van der Waals surface area contributed by atoms with Gasteiger partial charge >= 0.3 is 0 Å². The van der Waals surface area contributed by atoms with E-state index in [2.05, 4.69) is 78.0 Å². The molecular formula is C24H34IN3O2. The molecule has 1 aliphatic rings. The monoisotopic (exact) mass is 523 g/mol. The van der Waals surface area contributed by atoms with Crippen molar-refractivity contribution >= 4 is 29.9 Å². The summed E-state index contributed by atoms with van der Waals surface area (Å²) in [4.78, 5) is 4.36. The van der Waals surface area contributed by atoms with Crippen molar-refractivity contribution in [3.05, 3.63) is 70.8 Å². The zero-order valence-corrected chi connectivity index (χ0v) is 20.5. The van der Waals surface area contributed by atoms with Crippen molar-refractivity contribution in [1.29, 1.82) is 0 Å². The molecule has 1 fully saturated rings. The van der Waals surface area contributed by atoms with Gasteiger partial charge in [-0.3, -0.25) is 4.99 Å². The maximum absolute atomic E-state index is 6.00. The molecule has 2 aromatic rings. The Kier molecular flexibility index (Phi) is 10.6. The number of aliphatic imine (C=N–C) groups is 1. The van der Waals surface area contributed by atoms with Gasteiger partial charge in [-0.05, 0) is 48.9 Å². The van der Waals surface area contributed by atoms with Gasteiger partial charge in [0.2, 0.25) is 0 Å². The van der Waals surface area contributed by atoms with Gasteiger partial charge in [0.05, 0.1) is 18.8 Å². The van der Waals surface area contributed by atoms with Gasteiger partial charge in [-0.15, -0.1) is 24.0 Å². The summed E-state index contributed by atoms with van der Waals surface area (Å²) in [6, 6.07) is 17.2. The molecule has 0 saturated carbocycles. The summed E-state index contributed by atoms with van der Waals surface area (Å²) in [6.07, 6.45) is 2.32. The predicted molar refractivity (Wildman–Crippen MR) is 133 cm³/mol. The smallest absolute Gasteiger partial charge is 0.191 e. The molecule has 0 radical (unpaired) electrons. The Morgan fingerprint density at radius 2 is 1.77 bits per heavy atom. The average molecular weight is 523 g/mol. The summed E-state index contributed by atoms with van der Waals surface area (Å²) < 4.78 is 11.4. The lowest BCUT2D eigenvalue weighted by Crippen LogP contribution is -2.38. The molecule has 1 unspecified atom stereocenters. The van der Waals surface area contributed by atoms with E-state index < -0.39 is 0 Å². The Labute approximate surface area is 197 Å². The normalized spacial score (nSPS) is 15.9. The highest BCUT2D eigenvalue weighted by Gasteiger charge is 2.14. The lowest BCUT2D eigenvalue weighted by Gasteiger charge is -2.22. The van der Waals surface area contributed by atoms with Crippen LogP contribution in [-0.4, -0.2) is 32.3 Å². The van der Waals surface area contributed by atoms with Crippen molar-refractivity contribution < 1.29 is 9.47 Å². The van der Waals surface area contributed by atoms with Crippen LogP contribution >= 0.6 is 24.0 Å². The summed E-state index contributed by atoms with van der Waals surface area (Å²) in [5.74, 6) is 0.799. The number of rotatable bonds is 7. The molecular weight excluding hydrogens is 489 g/mol. The topological polar surface area (TPSA) is 54.9 Å². The zero-order chi connectivity index (χ0) is 20.5. The van der Waals surface area contributed by atoms with Crippen LogP contribution in [-0.2, 0) is 22.6 Å². The highest BCUT2D eigenvalue weighted by Crippen LogP contribution is 2.17. The highest BCUT2D eigenvalue weighted by molar-refractivity contribution is 14.0. The third kappa shape index (κ3) is 7.56. The number of aryl methyl sites for hydroxylation is 1. The Morgan fingerprint density at radius 3 is 2.43 bits per heavy atom. The molecule has 164 valence electrons. The van der Waals surface area contributed by atoms with Crippen molar-refractivity contribution in [2.75, 3.05) is 20.3 Å². The summed E-state index contributed by atoms with van der Waals surface area (Å²) in [5, 5.41) is 6.87. The molecule has 1 aliphatic heterocycles. The first-order valence-corrected chi connectivity index (χ1v) is 10.5. The Balaban J connectivity index is 0.00000320. The molecule has 0 aliphatic carbocycles. The maximum atomic E-state index is 6.00. The first kappa shape index (κ1) is 24.6. The van der Waals surface area contributed by atoms with Crippen LogP contribution in [0.25, 0.3) is 0 Å². The minimum absolute atomic E-state index is 0. The maximum Gasteiger partial charge on any atom is 0.191 e. The van der Waals surface area contributed by atoms with Crippen LogP contribution in [0.5, 0.6) is 0 Å². The van der Waals surface area contributed by atoms with Gasteiger partial charge in [0.25, 0.3) is 0 Å². The molecule has 30 heavy (non-hydrogen) atoms. The van der Waals surface area contributed by atoms with Crippen LogP contribution in [0, 0.1) is 6.92 Å². The number of benzene rings is 2. The fourth-order valence-electron chi connectivity index (χ4n) is 3.55. The second kappa shape index (κ2) is 12.9. The number of guanidine groups is 1. The van der Waals surface area contributed by atoms with E-state index in [0.29, 0.717) is 12.7 Å². The van der Waals surface area contributed by atoms with Gasteiger partial charge in [-0.1, -0.05) is 48.5 Å². The highest BCUT2D eigenvalue weighted by atomic mass is 127. The molecule has 0 spiro atoms. The van der Waals surface area contributed by atoms with Crippen molar-refractivity contribution in [1.82, 2.24) is 10.6 Å². The zero-order valence-electron chi connectivity index (χ0n) is 18.2. The fourth-order valence-corrected chi connectivity index (χ4v) is 3.55. The van der Waals surface area contributed by atoms with Crippen molar-refractivity contribution in [3.63, 3.8) is 0 Å². The summed E-state index contributed by atoms with van der Waals surface area (Å²) in [6.45, 7) is 7.30. The van der Waals surface area contributed by atoms with E-state index in [9.17, 15) is 0 Å². The third-order valence-corrected chi connectivity index (χ3v) is 5.37. The van der Waals surface area contributed by atoms with E-state index >= 15 is 0 Å². The number of halogens is 1. The van der Waals surface area contributed by atoms with Gasteiger partial charge in [0, 0.05) is 26.8 Å². The SMILES string of the molecule is CN=C(NCc1ccc(COC2CCOCC2)cc1)NC(C)c1ccccc1C.I. The molecule has 5 nitrogen and oxygen atoms in total. The minimum Gasteiger partial charge on any atom is -0.381 e. The Hall–Kier alpha value is -1.64. The standard InChI is InChI=1S/C24H33N3O2.HI/c1-18-6-4-5-7-23(18)19(2)27-24(25-3)26-16-20-8-10-21(11-9-20)17-29-22-12-14-28-15-13-22;/h4-11,19,22H,12-17H2,1-3H3,(H2,25,26,27);1H. The van der Waals surface area contributed by atoms with E-state index in [-0.39, 0.29) is 30.0 Å². The van der Waals surface area contributed by atoms with Crippen LogP contribution in [0.4, 0.5) is 0 Å². The first-order valence-electron chi connectivity index (χ1n) is 10.5. The number of hydrogen-bond donors (Lipinski definition) is 2. The van der Waals surface area contributed by atoms with E-state index in [1.165, 1.54) is 22.3 Å². The number of hydrogen-bond acceptors (Lipinski definition) is 3. The molecule has 0 amide bonds. The van der Waals surface area contributed by atoms with E-state index in [1.807, 2.05) is 0 Å². The molecule has 1 atom stereocenters. The lowest BCUT2D eigenvalue weighted by atomic mass is 10.0. The molecule has 0 bridgehead atoms. The number of nitrogens with zero attached hydrogens (tertiary/aromatic N) is 1. The van der Waals surface area contributed by atoms with Gasteiger partial charge < -0.3 is 20.1 Å². The van der Waals surface area contributed by atoms with Crippen LogP contribution in [0.1, 0.15) is 48.1 Å². The van der Waals surface area contributed by atoms with E-state index in [0.717, 1.165) is 38.6 Å². The van der Waals surface area contributed by atoms with Crippen LogP contribution in [0.15, 0.2) is 53.5 Å². The van der Waals surface area contributed by atoms with E-state index in [4.69, 9.17) is 9.47 Å². The average Bonchev–Trinajstić information content (AvgIpc) is 2.76. The second-order valence-electron chi connectivity index (χ2n) is 7.59.